The Kier molecular flexibility index (Phi) is 6.48. The Morgan fingerprint density at radius 3 is 2.30 bits per heavy atom. The maximum absolute atomic E-state index is 13.3. The van der Waals surface area contributed by atoms with Crippen molar-refractivity contribution in [1.82, 2.24) is 10.2 Å². The van der Waals surface area contributed by atoms with E-state index in [0.29, 0.717) is 12.0 Å². The van der Waals surface area contributed by atoms with Gasteiger partial charge in [0.05, 0.1) is 0 Å². The monoisotopic (exact) mass is 418 g/mol. The normalized spacial score (nSPS) is 19.4. The Morgan fingerprint density at radius 1 is 1.07 bits per heavy atom. The summed E-state index contributed by atoms with van der Waals surface area (Å²) in [4.78, 5) is 26.4. The minimum atomic E-state index is -4.92. The number of hydrogen-bond acceptors (Lipinski definition) is 2. The summed E-state index contributed by atoms with van der Waals surface area (Å²) < 4.78 is 38.0. The molecule has 0 saturated carbocycles. The van der Waals surface area contributed by atoms with Crippen LogP contribution >= 0.6 is 0 Å². The van der Waals surface area contributed by atoms with Crippen molar-refractivity contribution in [2.75, 3.05) is 6.54 Å². The molecule has 1 aliphatic rings. The van der Waals surface area contributed by atoms with Gasteiger partial charge in [-0.15, -0.1) is 0 Å². The van der Waals surface area contributed by atoms with Crippen molar-refractivity contribution in [3.8, 4) is 0 Å². The molecule has 0 radical (unpaired) electrons. The number of benzene rings is 2. The first-order chi connectivity index (χ1) is 14.1. The van der Waals surface area contributed by atoms with Gasteiger partial charge in [-0.1, -0.05) is 47.5 Å². The maximum Gasteiger partial charge on any atom is 0.471 e. The van der Waals surface area contributed by atoms with Crippen LogP contribution < -0.4 is 5.32 Å². The van der Waals surface area contributed by atoms with E-state index < -0.39 is 18.1 Å². The van der Waals surface area contributed by atoms with Gasteiger partial charge in [0, 0.05) is 24.2 Å². The highest BCUT2D eigenvalue weighted by Gasteiger charge is 2.41. The van der Waals surface area contributed by atoms with Crippen LogP contribution in [0, 0.1) is 13.8 Å². The number of piperidine rings is 1. The number of rotatable bonds is 4. The summed E-state index contributed by atoms with van der Waals surface area (Å²) in [5.74, 6) is -2.07. The molecule has 0 bridgehead atoms. The maximum atomic E-state index is 13.3. The van der Waals surface area contributed by atoms with E-state index in [4.69, 9.17) is 0 Å². The SMILES string of the molecule is Cc1cc(C)cc(C(=O)N2CCC(NC(=O)C(F)(F)F)C[C@H]2Cc2ccccc2)c1. The molecule has 1 aliphatic heterocycles. The molecular formula is C23H25F3N2O2. The Morgan fingerprint density at radius 2 is 1.70 bits per heavy atom. The predicted octanol–water partition coefficient (Wildman–Crippen LogP) is 4.20. The fraction of sp³-hybridized carbons (Fsp3) is 0.391. The van der Waals surface area contributed by atoms with E-state index in [0.717, 1.165) is 16.7 Å². The summed E-state index contributed by atoms with van der Waals surface area (Å²) >= 11 is 0. The molecule has 2 aromatic rings. The van der Waals surface area contributed by atoms with Gasteiger partial charge in [-0.05, 0) is 50.8 Å². The van der Waals surface area contributed by atoms with Gasteiger partial charge in [-0.2, -0.15) is 13.2 Å². The van der Waals surface area contributed by atoms with E-state index >= 15 is 0 Å². The van der Waals surface area contributed by atoms with Gasteiger partial charge in [0.1, 0.15) is 0 Å². The second-order valence-electron chi connectivity index (χ2n) is 7.91. The van der Waals surface area contributed by atoms with E-state index in [1.807, 2.05) is 62.4 Å². The number of hydrogen-bond donors (Lipinski definition) is 1. The van der Waals surface area contributed by atoms with E-state index in [9.17, 15) is 22.8 Å². The van der Waals surface area contributed by atoms with Crippen LogP contribution in [-0.4, -0.2) is 41.5 Å². The van der Waals surface area contributed by atoms with Crippen LogP contribution in [0.15, 0.2) is 48.5 Å². The molecule has 0 aliphatic carbocycles. The molecule has 7 heteroatoms. The van der Waals surface area contributed by atoms with Crippen molar-refractivity contribution >= 4 is 11.8 Å². The zero-order valence-electron chi connectivity index (χ0n) is 17.0. The molecule has 1 unspecified atom stereocenters. The number of carbonyl (C=O) groups is 2. The highest BCUT2D eigenvalue weighted by Crippen LogP contribution is 2.25. The van der Waals surface area contributed by atoms with Gasteiger partial charge in [0.25, 0.3) is 5.91 Å². The Hall–Kier alpha value is -2.83. The summed E-state index contributed by atoms with van der Waals surface area (Å²) in [7, 11) is 0. The first kappa shape index (κ1) is 21.9. The van der Waals surface area contributed by atoms with Crippen molar-refractivity contribution in [2.45, 2.75) is 51.4 Å². The molecule has 0 spiro atoms. The van der Waals surface area contributed by atoms with Gasteiger partial charge < -0.3 is 10.2 Å². The highest BCUT2D eigenvalue weighted by atomic mass is 19.4. The Balaban J connectivity index is 1.82. The molecule has 2 aromatic carbocycles. The number of alkyl halides is 3. The fourth-order valence-corrected chi connectivity index (χ4v) is 4.06. The summed E-state index contributed by atoms with van der Waals surface area (Å²) in [5.41, 5.74) is 3.52. The van der Waals surface area contributed by atoms with Crippen LogP contribution in [0.1, 0.15) is 39.9 Å². The van der Waals surface area contributed by atoms with E-state index in [2.05, 4.69) is 5.32 Å². The smallest absolute Gasteiger partial charge is 0.345 e. The molecule has 4 nitrogen and oxygen atoms in total. The second-order valence-corrected chi connectivity index (χ2v) is 7.91. The molecule has 30 heavy (non-hydrogen) atoms. The van der Waals surface area contributed by atoms with Crippen LogP contribution in [-0.2, 0) is 11.2 Å². The van der Waals surface area contributed by atoms with Crippen LogP contribution in [0.5, 0.6) is 0 Å². The summed E-state index contributed by atoms with van der Waals surface area (Å²) in [5, 5.41) is 2.09. The minimum absolute atomic E-state index is 0.136. The van der Waals surface area contributed by atoms with E-state index in [1.54, 1.807) is 4.90 Å². The van der Waals surface area contributed by atoms with E-state index in [-0.39, 0.29) is 31.3 Å². The molecular weight excluding hydrogens is 393 g/mol. The van der Waals surface area contributed by atoms with Crippen LogP contribution in [0.25, 0.3) is 0 Å². The summed E-state index contributed by atoms with van der Waals surface area (Å²) in [6.07, 6.45) is -3.85. The van der Waals surface area contributed by atoms with Crippen molar-refractivity contribution in [2.24, 2.45) is 0 Å². The lowest BCUT2D eigenvalue weighted by molar-refractivity contribution is -0.174. The van der Waals surface area contributed by atoms with Crippen LogP contribution in [0.4, 0.5) is 13.2 Å². The van der Waals surface area contributed by atoms with Gasteiger partial charge in [0.2, 0.25) is 0 Å². The number of nitrogens with zero attached hydrogens (tertiary/aromatic N) is 1. The number of likely N-dealkylation sites (tertiary alicyclic amines) is 1. The molecule has 160 valence electrons. The molecule has 1 N–H and O–H groups in total. The quantitative estimate of drug-likeness (QED) is 0.809. The lowest BCUT2D eigenvalue weighted by Gasteiger charge is -2.40. The topological polar surface area (TPSA) is 49.4 Å². The molecule has 3 rings (SSSR count). The van der Waals surface area contributed by atoms with Crippen molar-refractivity contribution in [1.29, 1.82) is 0 Å². The fourth-order valence-electron chi connectivity index (χ4n) is 4.06. The van der Waals surface area contributed by atoms with Gasteiger partial charge >= 0.3 is 12.1 Å². The van der Waals surface area contributed by atoms with Crippen molar-refractivity contribution in [3.63, 3.8) is 0 Å². The Bertz CT molecular complexity index is 892. The average molecular weight is 418 g/mol. The lowest BCUT2D eigenvalue weighted by atomic mass is 9.91. The molecule has 1 saturated heterocycles. The van der Waals surface area contributed by atoms with Gasteiger partial charge in [-0.3, -0.25) is 9.59 Å². The van der Waals surface area contributed by atoms with Crippen molar-refractivity contribution in [3.05, 3.63) is 70.8 Å². The lowest BCUT2D eigenvalue weighted by Crippen LogP contribution is -2.54. The third kappa shape index (κ3) is 5.40. The first-order valence-corrected chi connectivity index (χ1v) is 9.94. The standard InChI is InChI=1S/C23H25F3N2O2/c1-15-10-16(2)12-18(11-15)21(29)28-9-8-19(27-22(30)23(24,25)26)14-20(28)13-17-6-4-3-5-7-17/h3-7,10-12,19-20H,8-9,13-14H2,1-2H3,(H,27,30)/t19?,20-/m1/s1. The summed E-state index contributed by atoms with van der Waals surface area (Å²) in [6, 6.07) is 14.2. The zero-order valence-corrected chi connectivity index (χ0v) is 17.0. The highest BCUT2D eigenvalue weighted by molar-refractivity contribution is 5.95. The van der Waals surface area contributed by atoms with Gasteiger partial charge in [-0.25, -0.2) is 0 Å². The summed E-state index contributed by atoms with van der Waals surface area (Å²) in [6.45, 7) is 4.13. The minimum Gasteiger partial charge on any atom is -0.345 e. The number of amides is 2. The average Bonchev–Trinajstić information content (AvgIpc) is 2.67. The molecule has 2 amide bonds. The predicted molar refractivity (Wildman–Crippen MR) is 108 cm³/mol. The van der Waals surface area contributed by atoms with E-state index in [1.165, 1.54) is 0 Å². The number of carbonyl (C=O) groups excluding carboxylic acids is 2. The first-order valence-electron chi connectivity index (χ1n) is 9.94. The number of aryl methyl sites for hydroxylation is 2. The number of nitrogens with one attached hydrogen (secondary N) is 1. The van der Waals surface area contributed by atoms with Crippen LogP contribution in [0.2, 0.25) is 0 Å². The molecule has 2 atom stereocenters. The van der Waals surface area contributed by atoms with Crippen molar-refractivity contribution < 1.29 is 22.8 Å². The second kappa shape index (κ2) is 8.90. The number of halogens is 3. The molecule has 0 aromatic heterocycles. The third-order valence-electron chi connectivity index (χ3n) is 5.35. The third-order valence-corrected chi connectivity index (χ3v) is 5.35. The van der Waals surface area contributed by atoms with Gasteiger partial charge in [0.15, 0.2) is 0 Å². The zero-order chi connectivity index (χ0) is 21.9. The largest absolute Gasteiger partial charge is 0.471 e. The molecule has 1 heterocycles. The molecule has 1 fully saturated rings. The Labute approximate surface area is 174 Å². The van der Waals surface area contributed by atoms with Crippen LogP contribution in [0.3, 0.4) is 0 Å².